The molecule has 0 spiro atoms. The smallest absolute Gasteiger partial charge is 0.260 e. The molecule has 0 bridgehead atoms. The van der Waals surface area contributed by atoms with Crippen molar-refractivity contribution in [3.8, 4) is 0 Å². The van der Waals surface area contributed by atoms with Crippen LogP contribution < -0.4 is 0 Å². The first-order chi connectivity index (χ1) is 8.47. The Morgan fingerprint density at radius 3 is 2.61 bits per heavy atom. The highest BCUT2D eigenvalue weighted by Crippen LogP contribution is 2.33. The van der Waals surface area contributed by atoms with Gasteiger partial charge < -0.3 is 9.52 Å². The standard InChI is InChI=1S/C13H14BrNO2S/c1-7-9(3)17-13(15-7)18-10-4-5-11(8(2)16)12(14)6-10/h4-6,8,16H,1-3H3/t8-/m0/s1. The number of aromatic nitrogens is 1. The van der Waals surface area contributed by atoms with Crippen molar-refractivity contribution in [1.29, 1.82) is 0 Å². The van der Waals surface area contributed by atoms with Crippen LogP contribution in [0.15, 0.2) is 37.2 Å². The maximum absolute atomic E-state index is 9.56. The molecule has 2 rings (SSSR count). The molecule has 1 aromatic carbocycles. The van der Waals surface area contributed by atoms with Gasteiger partial charge in [-0.3, -0.25) is 0 Å². The van der Waals surface area contributed by atoms with E-state index in [1.807, 2.05) is 32.0 Å². The largest absolute Gasteiger partial charge is 0.436 e. The molecule has 1 atom stereocenters. The number of hydrogen-bond donors (Lipinski definition) is 1. The lowest BCUT2D eigenvalue weighted by Crippen LogP contribution is -1.92. The average Bonchev–Trinajstić information content (AvgIpc) is 2.57. The summed E-state index contributed by atoms with van der Waals surface area (Å²) in [7, 11) is 0. The van der Waals surface area contributed by atoms with Crippen molar-refractivity contribution in [3.63, 3.8) is 0 Å². The first kappa shape index (κ1) is 13.6. The quantitative estimate of drug-likeness (QED) is 0.914. The SMILES string of the molecule is Cc1nc(Sc2ccc([C@H](C)O)c(Br)c2)oc1C. The van der Waals surface area contributed by atoms with Gasteiger partial charge in [-0.15, -0.1) is 0 Å². The Bertz CT molecular complexity index is 547. The number of aryl methyl sites for hydroxylation is 2. The van der Waals surface area contributed by atoms with Gasteiger partial charge in [-0.25, -0.2) is 4.98 Å². The minimum atomic E-state index is -0.482. The number of halogens is 1. The molecule has 0 radical (unpaired) electrons. The molecule has 0 aliphatic carbocycles. The Hall–Kier alpha value is -0.780. The van der Waals surface area contributed by atoms with Crippen molar-refractivity contribution >= 4 is 27.7 Å². The normalized spacial score (nSPS) is 12.7. The fourth-order valence-corrected chi connectivity index (χ4v) is 3.22. The van der Waals surface area contributed by atoms with Gasteiger partial charge in [0.05, 0.1) is 11.8 Å². The first-order valence-corrected chi connectivity index (χ1v) is 7.17. The summed E-state index contributed by atoms with van der Waals surface area (Å²) < 4.78 is 6.41. The predicted molar refractivity (Wildman–Crippen MR) is 74.9 cm³/mol. The molecule has 0 aliphatic rings. The molecule has 0 saturated carbocycles. The lowest BCUT2D eigenvalue weighted by molar-refractivity contribution is 0.198. The number of oxazole rings is 1. The summed E-state index contributed by atoms with van der Waals surface area (Å²) in [6, 6.07) is 5.81. The van der Waals surface area contributed by atoms with Gasteiger partial charge in [-0.2, -0.15) is 0 Å². The van der Waals surface area contributed by atoms with E-state index < -0.39 is 6.10 Å². The molecule has 0 amide bonds. The van der Waals surface area contributed by atoms with E-state index in [1.54, 1.807) is 6.92 Å². The van der Waals surface area contributed by atoms with Crippen LogP contribution in [-0.2, 0) is 0 Å². The summed E-state index contributed by atoms with van der Waals surface area (Å²) in [5.74, 6) is 0.845. The molecule has 0 unspecified atom stereocenters. The van der Waals surface area contributed by atoms with E-state index in [-0.39, 0.29) is 0 Å². The third-order valence-electron chi connectivity index (χ3n) is 2.64. The third kappa shape index (κ3) is 2.96. The molecule has 3 nitrogen and oxygen atoms in total. The summed E-state index contributed by atoms with van der Waals surface area (Å²) in [6.45, 7) is 5.57. The number of hydrogen-bond acceptors (Lipinski definition) is 4. The molecule has 1 heterocycles. The number of nitrogens with zero attached hydrogens (tertiary/aromatic N) is 1. The topological polar surface area (TPSA) is 46.3 Å². The number of rotatable bonds is 3. The maximum Gasteiger partial charge on any atom is 0.260 e. The van der Waals surface area contributed by atoms with E-state index in [9.17, 15) is 5.11 Å². The molecule has 0 aliphatic heterocycles. The molecule has 0 fully saturated rings. The third-order valence-corrected chi connectivity index (χ3v) is 4.16. The van der Waals surface area contributed by atoms with Crippen molar-refractivity contribution < 1.29 is 9.52 Å². The lowest BCUT2D eigenvalue weighted by Gasteiger charge is -2.08. The predicted octanol–water partition coefficient (Wildman–Crippen LogP) is 4.26. The van der Waals surface area contributed by atoms with Gasteiger partial charge in [0.1, 0.15) is 5.76 Å². The van der Waals surface area contributed by atoms with E-state index in [2.05, 4.69) is 20.9 Å². The molecule has 2 aromatic rings. The van der Waals surface area contributed by atoms with Gasteiger partial charge in [0.25, 0.3) is 5.22 Å². The first-order valence-electron chi connectivity index (χ1n) is 5.56. The van der Waals surface area contributed by atoms with Crippen LogP contribution in [0.4, 0.5) is 0 Å². The van der Waals surface area contributed by atoms with Crippen molar-refractivity contribution in [2.45, 2.75) is 37.0 Å². The highest BCUT2D eigenvalue weighted by molar-refractivity contribution is 9.10. The molecule has 18 heavy (non-hydrogen) atoms. The summed E-state index contributed by atoms with van der Waals surface area (Å²) in [5, 5.41) is 10.2. The Labute approximate surface area is 119 Å². The van der Waals surface area contributed by atoms with Crippen LogP contribution in [0.3, 0.4) is 0 Å². The van der Waals surface area contributed by atoms with Crippen LogP contribution in [0.25, 0.3) is 0 Å². The van der Waals surface area contributed by atoms with Crippen LogP contribution in [0, 0.1) is 13.8 Å². The Balaban J connectivity index is 2.22. The number of aliphatic hydroxyl groups is 1. The fourth-order valence-electron chi connectivity index (χ4n) is 1.50. The van der Waals surface area contributed by atoms with Crippen molar-refractivity contribution in [3.05, 3.63) is 39.7 Å². The van der Waals surface area contributed by atoms with E-state index in [4.69, 9.17) is 4.42 Å². The van der Waals surface area contributed by atoms with Crippen LogP contribution >= 0.6 is 27.7 Å². The molecule has 1 N–H and O–H groups in total. The fraction of sp³-hybridized carbons (Fsp3) is 0.308. The van der Waals surface area contributed by atoms with Crippen LogP contribution in [0.2, 0.25) is 0 Å². The van der Waals surface area contributed by atoms with Crippen LogP contribution in [0.1, 0.15) is 30.0 Å². The van der Waals surface area contributed by atoms with Gasteiger partial charge >= 0.3 is 0 Å². The molecular formula is C13H14BrNO2S. The second-order valence-corrected chi connectivity index (χ2v) is 5.96. The zero-order chi connectivity index (χ0) is 13.3. The minimum absolute atomic E-state index is 0.482. The van der Waals surface area contributed by atoms with E-state index in [1.165, 1.54) is 11.8 Å². The molecule has 1 aromatic heterocycles. The number of benzene rings is 1. The van der Waals surface area contributed by atoms with E-state index >= 15 is 0 Å². The number of aliphatic hydroxyl groups excluding tert-OH is 1. The van der Waals surface area contributed by atoms with Crippen molar-refractivity contribution in [2.24, 2.45) is 0 Å². The van der Waals surface area contributed by atoms with Crippen molar-refractivity contribution in [1.82, 2.24) is 4.98 Å². The Kier molecular flexibility index (Phi) is 4.14. The highest BCUT2D eigenvalue weighted by Gasteiger charge is 2.10. The molecule has 5 heteroatoms. The monoisotopic (exact) mass is 327 g/mol. The Morgan fingerprint density at radius 2 is 2.11 bits per heavy atom. The van der Waals surface area contributed by atoms with Gasteiger partial charge in [0.2, 0.25) is 0 Å². The van der Waals surface area contributed by atoms with E-state index in [0.29, 0.717) is 5.22 Å². The van der Waals surface area contributed by atoms with Crippen molar-refractivity contribution in [2.75, 3.05) is 0 Å². The second kappa shape index (κ2) is 5.47. The molecule has 0 saturated heterocycles. The Morgan fingerprint density at radius 1 is 1.39 bits per heavy atom. The maximum atomic E-state index is 9.56. The minimum Gasteiger partial charge on any atom is -0.436 e. The average molecular weight is 328 g/mol. The summed E-state index contributed by atoms with van der Waals surface area (Å²) in [5.41, 5.74) is 1.79. The van der Waals surface area contributed by atoms with E-state index in [0.717, 1.165) is 26.4 Å². The van der Waals surface area contributed by atoms with Crippen LogP contribution in [0.5, 0.6) is 0 Å². The zero-order valence-electron chi connectivity index (χ0n) is 10.4. The molecular weight excluding hydrogens is 314 g/mol. The van der Waals surface area contributed by atoms with Gasteiger partial charge in [-0.05, 0) is 50.2 Å². The summed E-state index contributed by atoms with van der Waals surface area (Å²) in [4.78, 5) is 5.35. The lowest BCUT2D eigenvalue weighted by atomic mass is 10.1. The second-order valence-electron chi connectivity index (χ2n) is 4.08. The summed E-state index contributed by atoms with van der Waals surface area (Å²) in [6.07, 6.45) is -0.482. The van der Waals surface area contributed by atoms with Gasteiger partial charge in [0, 0.05) is 9.37 Å². The molecule has 96 valence electrons. The van der Waals surface area contributed by atoms with Gasteiger partial charge in [-0.1, -0.05) is 22.0 Å². The van der Waals surface area contributed by atoms with Crippen LogP contribution in [-0.4, -0.2) is 10.1 Å². The van der Waals surface area contributed by atoms with Gasteiger partial charge in [0.15, 0.2) is 0 Å². The summed E-state index contributed by atoms with van der Waals surface area (Å²) >= 11 is 4.92. The zero-order valence-corrected chi connectivity index (χ0v) is 12.8. The highest BCUT2D eigenvalue weighted by atomic mass is 79.9.